The lowest BCUT2D eigenvalue weighted by Crippen LogP contribution is -2.30. The van der Waals surface area contributed by atoms with Crippen LogP contribution in [0.5, 0.6) is 5.75 Å². The number of aliphatic hydroxyl groups excluding tert-OH is 1. The normalized spacial score (nSPS) is 12.0. The number of nitrogens with one attached hydrogen (secondary N) is 1. The van der Waals surface area contributed by atoms with Gasteiger partial charge >= 0.3 is 0 Å². The fourth-order valence-corrected chi connectivity index (χ4v) is 1.97. The van der Waals surface area contributed by atoms with Crippen molar-refractivity contribution in [3.05, 3.63) is 65.2 Å². The van der Waals surface area contributed by atoms with Crippen LogP contribution in [-0.2, 0) is 6.61 Å². The summed E-state index contributed by atoms with van der Waals surface area (Å²) in [4.78, 5) is 11.8. The van der Waals surface area contributed by atoms with Gasteiger partial charge in [0.15, 0.2) is 0 Å². The van der Waals surface area contributed by atoms with Crippen molar-refractivity contribution in [2.45, 2.75) is 26.1 Å². The summed E-state index contributed by atoms with van der Waals surface area (Å²) < 4.78 is 30.5. The van der Waals surface area contributed by atoms with Crippen molar-refractivity contribution in [1.82, 2.24) is 5.32 Å². The lowest BCUT2D eigenvalue weighted by atomic mass is 10.1. The standard InChI is InChI=1S/C18H19F2NO3/c1-12(22)10-21-18(23)15-6-8-16(9-7-15)24-11-13-2-4-14(5-3-13)17(19)20/h2-9,12,17,22H,10-11H2,1H3,(H,21,23)/t12-/m0/s1. The van der Waals surface area contributed by atoms with Crippen LogP contribution < -0.4 is 10.1 Å². The summed E-state index contributed by atoms with van der Waals surface area (Å²) in [5.74, 6) is 0.296. The number of hydrogen-bond acceptors (Lipinski definition) is 3. The zero-order valence-corrected chi connectivity index (χ0v) is 13.2. The van der Waals surface area contributed by atoms with Crippen LogP contribution in [0.15, 0.2) is 48.5 Å². The first-order valence-corrected chi connectivity index (χ1v) is 7.52. The lowest BCUT2D eigenvalue weighted by Gasteiger charge is -2.09. The third-order valence-corrected chi connectivity index (χ3v) is 3.31. The van der Waals surface area contributed by atoms with Crippen molar-refractivity contribution < 1.29 is 23.4 Å². The van der Waals surface area contributed by atoms with E-state index in [0.29, 0.717) is 11.3 Å². The van der Waals surface area contributed by atoms with Crippen LogP contribution in [0.1, 0.15) is 34.8 Å². The first kappa shape index (κ1) is 17.9. The molecule has 0 aliphatic heterocycles. The molecule has 0 aromatic heterocycles. The monoisotopic (exact) mass is 335 g/mol. The zero-order chi connectivity index (χ0) is 17.5. The summed E-state index contributed by atoms with van der Waals surface area (Å²) in [6, 6.07) is 12.5. The molecule has 0 saturated carbocycles. The molecule has 0 aliphatic carbocycles. The number of benzene rings is 2. The van der Waals surface area contributed by atoms with E-state index in [1.807, 2.05) is 0 Å². The summed E-state index contributed by atoms with van der Waals surface area (Å²) in [5, 5.41) is 11.7. The van der Waals surface area contributed by atoms with Gasteiger partial charge in [0, 0.05) is 17.7 Å². The van der Waals surface area contributed by atoms with Gasteiger partial charge in [-0.2, -0.15) is 0 Å². The Bertz CT molecular complexity index is 655. The summed E-state index contributed by atoms with van der Waals surface area (Å²) in [7, 11) is 0. The van der Waals surface area contributed by atoms with Crippen molar-refractivity contribution in [1.29, 1.82) is 0 Å². The molecule has 2 aromatic carbocycles. The van der Waals surface area contributed by atoms with Gasteiger partial charge in [0.25, 0.3) is 12.3 Å². The molecular formula is C18H19F2NO3. The van der Waals surface area contributed by atoms with E-state index in [4.69, 9.17) is 9.84 Å². The van der Waals surface area contributed by atoms with Crippen LogP contribution in [0.2, 0.25) is 0 Å². The molecule has 0 bridgehead atoms. The van der Waals surface area contributed by atoms with E-state index in [1.54, 1.807) is 43.3 Å². The van der Waals surface area contributed by atoms with Crippen LogP contribution >= 0.6 is 0 Å². The molecule has 0 spiro atoms. The number of rotatable bonds is 7. The smallest absolute Gasteiger partial charge is 0.263 e. The maximum Gasteiger partial charge on any atom is 0.263 e. The van der Waals surface area contributed by atoms with E-state index in [-0.39, 0.29) is 24.6 Å². The number of carbonyl (C=O) groups excluding carboxylic acids is 1. The fourth-order valence-electron chi connectivity index (χ4n) is 1.97. The Morgan fingerprint density at radius 1 is 1.12 bits per heavy atom. The minimum absolute atomic E-state index is 0.0219. The lowest BCUT2D eigenvalue weighted by molar-refractivity contribution is 0.0924. The SMILES string of the molecule is C[C@H](O)CNC(=O)c1ccc(OCc2ccc(C(F)F)cc2)cc1. The number of carbonyl (C=O) groups is 1. The van der Waals surface area contributed by atoms with Crippen LogP contribution in [0.25, 0.3) is 0 Å². The Labute approximate surface area is 139 Å². The highest BCUT2D eigenvalue weighted by molar-refractivity contribution is 5.94. The summed E-state index contributed by atoms with van der Waals surface area (Å²) >= 11 is 0. The zero-order valence-electron chi connectivity index (χ0n) is 13.2. The largest absolute Gasteiger partial charge is 0.489 e. The predicted octanol–water partition coefficient (Wildman–Crippen LogP) is 3.31. The molecule has 0 unspecified atom stereocenters. The molecule has 6 heteroatoms. The van der Waals surface area contributed by atoms with Gasteiger partial charge in [0.1, 0.15) is 12.4 Å². The second-order valence-electron chi connectivity index (χ2n) is 5.41. The Hall–Kier alpha value is -2.47. The van der Waals surface area contributed by atoms with Crippen molar-refractivity contribution in [2.75, 3.05) is 6.54 Å². The first-order valence-electron chi connectivity index (χ1n) is 7.52. The Morgan fingerprint density at radius 3 is 2.29 bits per heavy atom. The van der Waals surface area contributed by atoms with Crippen LogP contribution in [-0.4, -0.2) is 23.7 Å². The molecule has 4 nitrogen and oxygen atoms in total. The highest BCUT2D eigenvalue weighted by atomic mass is 19.3. The minimum Gasteiger partial charge on any atom is -0.489 e. The van der Waals surface area contributed by atoms with Gasteiger partial charge in [0.05, 0.1) is 6.10 Å². The average molecular weight is 335 g/mol. The summed E-state index contributed by atoms with van der Waals surface area (Å²) in [5.41, 5.74) is 1.22. The van der Waals surface area contributed by atoms with Gasteiger partial charge in [-0.15, -0.1) is 0 Å². The fraction of sp³-hybridized carbons (Fsp3) is 0.278. The quantitative estimate of drug-likeness (QED) is 0.816. The van der Waals surface area contributed by atoms with Gasteiger partial charge in [0.2, 0.25) is 0 Å². The Balaban J connectivity index is 1.88. The molecule has 2 rings (SSSR count). The van der Waals surface area contributed by atoms with Gasteiger partial charge in [-0.3, -0.25) is 4.79 Å². The number of ether oxygens (including phenoxy) is 1. The van der Waals surface area contributed by atoms with Crippen molar-refractivity contribution in [2.24, 2.45) is 0 Å². The number of aliphatic hydroxyl groups is 1. The van der Waals surface area contributed by atoms with Crippen molar-refractivity contribution in [3.8, 4) is 5.75 Å². The van der Waals surface area contributed by atoms with Crippen LogP contribution in [0.4, 0.5) is 8.78 Å². The molecule has 1 atom stereocenters. The van der Waals surface area contributed by atoms with E-state index in [2.05, 4.69) is 5.32 Å². The third kappa shape index (κ3) is 5.31. The molecule has 0 saturated heterocycles. The highest BCUT2D eigenvalue weighted by Crippen LogP contribution is 2.20. The Kier molecular flexibility index (Phi) is 6.26. The van der Waals surface area contributed by atoms with E-state index >= 15 is 0 Å². The second kappa shape index (κ2) is 8.40. The third-order valence-electron chi connectivity index (χ3n) is 3.31. The maximum atomic E-state index is 12.5. The molecule has 0 fully saturated rings. The highest BCUT2D eigenvalue weighted by Gasteiger charge is 2.08. The first-order chi connectivity index (χ1) is 11.5. The molecular weight excluding hydrogens is 316 g/mol. The predicted molar refractivity (Wildman–Crippen MR) is 86.2 cm³/mol. The van der Waals surface area contributed by atoms with Crippen LogP contribution in [0, 0.1) is 0 Å². The molecule has 0 aliphatic rings. The Morgan fingerprint density at radius 2 is 1.75 bits per heavy atom. The van der Waals surface area contributed by atoms with Crippen molar-refractivity contribution in [3.63, 3.8) is 0 Å². The summed E-state index contributed by atoms with van der Waals surface area (Å²) in [6.45, 7) is 2.02. The average Bonchev–Trinajstić information content (AvgIpc) is 2.58. The van der Waals surface area contributed by atoms with E-state index < -0.39 is 12.5 Å². The number of alkyl halides is 2. The van der Waals surface area contributed by atoms with Gasteiger partial charge in [-0.1, -0.05) is 24.3 Å². The molecule has 2 aromatic rings. The topological polar surface area (TPSA) is 58.6 Å². The maximum absolute atomic E-state index is 12.5. The van der Waals surface area contributed by atoms with Crippen LogP contribution in [0.3, 0.4) is 0 Å². The number of hydrogen-bond donors (Lipinski definition) is 2. The minimum atomic E-state index is -2.48. The van der Waals surface area contributed by atoms with Gasteiger partial charge in [-0.05, 0) is 36.8 Å². The van der Waals surface area contributed by atoms with Gasteiger partial charge < -0.3 is 15.2 Å². The molecule has 128 valence electrons. The summed E-state index contributed by atoms with van der Waals surface area (Å²) in [6.07, 6.45) is -3.08. The molecule has 24 heavy (non-hydrogen) atoms. The van der Waals surface area contributed by atoms with E-state index in [0.717, 1.165) is 5.56 Å². The molecule has 1 amide bonds. The molecule has 2 N–H and O–H groups in total. The number of amides is 1. The number of halogens is 2. The van der Waals surface area contributed by atoms with E-state index in [9.17, 15) is 13.6 Å². The van der Waals surface area contributed by atoms with Crippen molar-refractivity contribution >= 4 is 5.91 Å². The molecule has 0 radical (unpaired) electrons. The second-order valence-corrected chi connectivity index (χ2v) is 5.41. The molecule has 0 heterocycles. The van der Waals surface area contributed by atoms with E-state index in [1.165, 1.54) is 12.1 Å². The van der Waals surface area contributed by atoms with Gasteiger partial charge in [-0.25, -0.2) is 8.78 Å².